The molecule has 2 nitrogen and oxygen atoms in total. The fraction of sp³-hybridized carbons (Fsp3) is 0.333. The van der Waals surface area contributed by atoms with Gasteiger partial charge in [-0.25, -0.2) is 0 Å². The van der Waals surface area contributed by atoms with Crippen molar-refractivity contribution < 1.29 is 0 Å². The van der Waals surface area contributed by atoms with Crippen LogP contribution in [0.4, 0.5) is 0 Å². The zero-order valence-corrected chi connectivity index (χ0v) is 15.6. The van der Waals surface area contributed by atoms with Crippen molar-refractivity contribution >= 4 is 16.5 Å². The zero-order valence-electron chi connectivity index (χ0n) is 15.6. The minimum atomic E-state index is 0.612. The third-order valence-corrected chi connectivity index (χ3v) is 5.50. The molecule has 0 saturated heterocycles. The van der Waals surface area contributed by atoms with Gasteiger partial charge < -0.3 is 10.3 Å². The summed E-state index contributed by atoms with van der Waals surface area (Å²) in [5.41, 5.74) is 6.88. The lowest BCUT2D eigenvalue weighted by Gasteiger charge is -2.24. The Kier molecular flexibility index (Phi) is 5.21. The molecule has 2 heterocycles. The number of aryl methyl sites for hydroxylation is 2. The largest absolute Gasteiger partial charge is 0.359 e. The fourth-order valence-corrected chi connectivity index (χ4v) is 4.14. The third kappa shape index (κ3) is 3.91. The summed E-state index contributed by atoms with van der Waals surface area (Å²) in [6, 6.07) is 20.3. The van der Waals surface area contributed by atoms with E-state index in [1.54, 1.807) is 0 Å². The van der Waals surface area contributed by atoms with E-state index in [2.05, 4.69) is 77.9 Å². The van der Waals surface area contributed by atoms with E-state index in [4.69, 9.17) is 0 Å². The molecule has 1 aliphatic heterocycles. The molecule has 2 heteroatoms. The minimum Gasteiger partial charge on any atom is -0.359 e. The van der Waals surface area contributed by atoms with Gasteiger partial charge in [-0.2, -0.15) is 0 Å². The second kappa shape index (κ2) is 7.92. The first kappa shape index (κ1) is 17.1. The Balaban J connectivity index is 1.29. The highest BCUT2D eigenvalue weighted by Crippen LogP contribution is 2.25. The lowest BCUT2D eigenvalue weighted by atomic mass is 9.92. The topological polar surface area (TPSA) is 27.8 Å². The lowest BCUT2D eigenvalue weighted by molar-refractivity contribution is 0.477. The number of aromatic amines is 1. The van der Waals surface area contributed by atoms with E-state index in [-0.39, 0.29) is 0 Å². The number of aromatic nitrogens is 1. The van der Waals surface area contributed by atoms with Gasteiger partial charge in [0.2, 0.25) is 0 Å². The van der Waals surface area contributed by atoms with E-state index in [1.165, 1.54) is 59.0 Å². The highest BCUT2D eigenvalue weighted by atomic mass is 14.9. The normalized spacial score (nSPS) is 17.4. The SMILES string of the molecule is Cc1cc2c(CCCCC3CC(c4ccccc4)=CCN3)cccc2[nH]1. The van der Waals surface area contributed by atoms with Crippen molar-refractivity contribution in [3.63, 3.8) is 0 Å². The molecule has 0 amide bonds. The van der Waals surface area contributed by atoms with Crippen molar-refractivity contribution in [2.24, 2.45) is 0 Å². The second-order valence-corrected chi connectivity index (χ2v) is 7.48. The Morgan fingerprint density at radius 2 is 1.88 bits per heavy atom. The summed E-state index contributed by atoms with van der Waals surface area (Å²) in [6.07, 6.45) is 8.46. The van der Waals surface area contributed by atoms with Gasteiger partial charge in [-0.05, 0) is 61.4 Å². The average molecular weight is 345 g/mol. The van der Waals surface area contributed by atoms with E-state index < -0.39 is 0 Å². The second-order valence-electron chi connectivity index (χ2n) is 7.48. The van der Waals surface area contributed by atoms with Gasteiger partial charge in [0.05, 0.1) is 0 Å². The van der Waals surface area contributed by atoms with Crippen molar-refractivity contribution in [3.8, 4) is 0 Å². The molecule has 0 spiro atoms. The molecule has 0 saturated carbocycles. The van der Waals surface area contributed by atoms with Crippen LogP contribution in [0.5, 0.6) is 0 Å². The third-order valence-electron chi connectivity index (χ3n) is 5.50. The molecule has 0 radical (unpaired) electrons. The van der Waals surface area contributed by atoms with E-state index in [9.17, 15) is 0 Å². The number of benzene rings is 2. The number of rotatable bonds is 6. The van der Waals surface area contributed by atoms with Crippen molar-refractivity contribution in [2.45, 2.75) is 45.1 Å². The van der Waals surface area contributed by atoms with Crippen molar-refractivity contribution in [3.05, 3.63) is 77.5 Å². The molecule has 1 atom stereocenters. The summed E-state index contributed by atoms with van der Waals surface area (Å²) in [4.78, 5) is 3.45. The number of H-pyrrole nitrogens is 1. The molecule has 4 rings (SSSR count). The Morgan fingerprint density at radius 3 is 2.77 bits per heavy atom. The Hall–Kier alpha value is -2.32. The number of fused-ring (bicyclic) bond motifs is 1. The summed E-state index contributed by atoms with van der Waals surface area (Å²) in [7, 11) is 0. The molecule has 0 bridgehead atoms. The summed E-state index contributed by atoms with van der Waals surface area (Å²) in [5.74, 6) is 0. The van der Waals surface area contributed by atoms with Crippen molar-refractivity contribution in [2.75, 3.05) is 6.54 Å². The molecule has 26 heavy (non-hydrogen) atoms. The van der Waals surface area contributed by atoms with Crippen LogP contribution < -0.4 is 5.32 Å². The van der Waals surface area contributed by atoms with Gasteiger partial charge in [-0.1, -0.05) is 55.0 Å². The monoisotopic (exact) mass is 344 g/mol. The smallest absolute Gasteiger partial charge is 0.0458 e. The van der Waals surface area contributed by atoms with E-state index >= 15 is 0 Å². The maximum atomic E-state index is 3.67. The van der Waals surface area contributed by atoms with Crippen LogP contribution in [0.3, 0.4) is 0 Å². The van der Waals surface area contributed by atoms with Gasteiger partial charge in [0, 0.05) is 29.2 Å². The Morgan fingerprint density at radius 1 is 1.00 bits per heavy atom. The Bertz CT molecular complexity index is 889. The van der Waals surface area contributed by atoms with E-state index in [0.717, 1.165) is 13.0 Å². The lowest BCUT2D eigenvalue weighted by Crippen LogP contribution is -2.32. The van der Waals surface area contributed by atoms with Crippen LogP contribution in [-0.4, -0.2) is 17.6 Å². The molecule has 134 valence electrons. The van der Waals surface area contributed by atoms with Gasteiger partial charge >= 0.3 is 0 Å². The average Bonchev–Trinajstić information content (AvgIpc) is 3.07. The van der Waals surface area contributed by atoms with Gasteiger partial charge in [-0.15, -0.1) is 0 Å². The van der Waals surface area contributed by atoms with E-state index in [1.807, 2.05) is 0 Å². The summed E-state index contributed by atoms with van der Waals surface area (Å²) >= 11 is 0. The van der Waals surface area contributed by atoms with Crippen LogP contribution in [0.25, 0.3) is 16.5 Å². The first-order valence-corrected chi connectivity index (χ1v) is 9.84. The Labute approximate surface area is 156 Å². The van der Waals surface area contributed by atoms with E-state index in [0.29, 0.717) is 6.04 Å². The zero-order chi connectivity index (χ0) is 17.8. The fourth-order valence-electron chi connectivity index (χ4n) is 4.14. The van der Waals surface area contributed by atoms with Crippen LogP contribution in [0.1, 0.15) is 42.5 Å². The number of nitrogens with one attached hydrogen (secondary N) is 2. The molecular weight excluding hydrogens is 316 g/mol. The van der Waals surface area contributed by atoms with Crippen LogP contribution in [-0.2, 0) is 6.42 Å². The van der Waals surface area contributed by atoms with Crippen LogP contribution in [0.15, 0.2) is 60.7 Å². The van der Waals surface area contributed by atoms with Crippen LogP contribution in [0, 0.1) is 6.92 Å². The van der Waals surface area contributed by atoms with Gasteiger partial charge in [0.15, 0.2) is 0 Å². The molecule has 1 aliphatic rings. The van der Waals surface area contributed by atoms with Gasteiger partial charge in [0.1, 0.15) is 0 Å². The number of hydrogen-bond acceptors (Lipinski definition) is 1. The molecular formula is C24H28N2. The van der Waals surface area contributed by atoms with Crippen LogP contribution in [0.2, 0.25) is 0 Å². The molecule has 0 aliphatic carbocycles. The van der Waals surface area contributed by atoms with Gasteiger partial charge in [0.25, 0.3) is 0 Å². The van der Waals surface area contributed by atoms with Gasteiger partial charge in [-0.3, -0.25) is 0 Å². The summed E-state index contributed by atoms with van der Waals surface area (Å²) < 4.78 is 0. The predicted octanol–water partition coefficient (Wildman–Crippen LogP) is 5.63. The molecule has 1 aromatic heterocycles. The summed E-state index contributed by atoms with van der Waals surface area (Å²) in [6.45, 7) is 3.13. The minimum absolute atomic E-state index is 0.612. The van der Waals surface area contributed by atoms with Crippen molar-refractivity contribution in [1.29, 1.82) is 0 Å². The maximum absolute atomic E-state index is 3.67. The first-order valence-electron chi connectivity index (χ1n) is 9.84. The maximum Gasteiger partial charge on any atom is 0.0458 e. The quantitative estimate of drug-likeness (QED) is 0.557. The number of unbranched alkanes of at least 4 members (excludes halogenated alkanes) is 1. The summed E-state index contributed by atoms with van der Waals surface area (Å²) in [5, 5.41) is 5.07. The highest BCUT2D eigenvalue weighted by molar-refractivity contribution is 5.83. The van der Waals surface area contributed by atoms with Crippen LogP contribution >= 0.6 is 0 Å². The molecule has 3 aromatic rings. The standard InChI is InChI=1S/C24H28N2/c1-18-16-23-20(11-7-13-24(23)26-18)10-5-6-12-22-17-21(14-15-25-22)19-8-3-2-4-9-19/h2-4,7-9,11,13-14,16,22,25-26H,5-6,10,12,15,17H2,1H3. The molecule has 2 aromatic carbocycles. The molecule has 1 unspecified atom stereocenters. The molecule has 2 N–H and O–H groups in total. The first-order chi connectivity index (χ1) is 12.8. The predicted molar refractivity (Wildman–Crippen MR) is 111 cm³/mol. The molecule has 0 fully saturated rings. The van der Waals surface area contributed by atoms with Crippen molar-refractivity contribution in [1.82, 2.24) is 10.3 Å². The highest BCUT2D eigenvalue weighted by Gasteiger charge is 2.15. The number of hydrogen-bond donors (Lipinski definition) is 2.